The van der Waals surface area contributed by atoms with E-state index in [1.807, 2.05) is 0 Å². The van der Waals surface area contributed by atoms with Gasteiger partial charge in [-0.2, -0.15) is 13.2 Å². The summed E-state index contributed by atoms with van der Waals surface area (Å²) >= 11 is 0.860. The largest absolute Gasteiger partial charge is 0.408 e. The first-order valence-electron chi connectivity index (χ1n) is 6.58. The summed E-state index contributed by atoms with van der Waals surface area (Å²) in [7, 11) is 2.82. The van der Waals surface area contributed by atoms with Crippen LogP contribution in [-0.2, 0) is 7.05 Å². The fourth-order valence-electron chi connectivity index (χ4n) is 2.09. The molecule has 2 aromatic rings. The summed E-state index contributed by atoms with van der Waals surface area (Å²) < 4.78 is 55.5. The van der Waals surface area contributed by atoms with Gasteiger partial charge in [0.25, 0.3) is 0 Å². The topological polar surface area (TPSA) is 25.2 Å². The second-order valence-corrected chi connectivity index (χ2v) is 6.18. The lowest BCUT2D eigenvalue weighted by Gasteiger charge is -2.29. The number of hydrogen-bond donors (Lipinski definition) is 0. The first-order chi connectivity index (χ1) is 10.7. The van der Waals surface area contributed by atoms with E-state index in [9.17, 15) is 22.4 Å². The molecule has 0 aliphatic carbocycles. The third-order valence-electron chi connectivity index (χ3n) is 3.17. The molecule has 1 aromatic carbocycles. The van der Waals surface area contributed by atoms with Gasteiger partial charge in [0.05, 0.1) is 0 Å². The Morgan fingerprint density at radius 1 is 1.13 bits per heavy atom. The quantitative estimate of drug-likeness (QED) is 0.622. The van der Waals surface area contributed by atoms with Crippen molar-refractivity contribution in [1.29, 1.82) is 0 Å². The van der Waals surface area contributed by atoms with Crippen LogP contribution in [0.25, 0.3) is 0 Å². The molecule has 0 radical (unpaired) electrons. The Kier molecular flexibility index (Phi) is 5.16. The van der Waals surface area contributed by atoms with Crippen molar-refractivity contribution in [2.45, 2.75) is 17.1 Å². The predicted molar refractivity (Wildman–Crippen MR) is 80.5 cm³/mol. The van der Waals surface area contributed by atoms with Crippen LogP contribution in [0.5, 0.6) is 0 Å². The van der Waals surface area contributed by atoms with Crippen LogP contribution in [0.4, 0.5) is 17.6 Å². The minimum Gasteiger partial charge on any atom is -0.317 e. The number of rotatable bonds is 4. The highest BCUT2D eigenvalue weighted by Crippen LogP contribution is 2.41. The molecular weight excluding hydrogens is 332 g/mol. The maximum absolute atomic E-state index is 13.4. The fraction of sp³-hybridized carbons (Fsp3) is 0.267. The van der Waals surface area contributed by atoms with Crippen molar-refractivity contribution in [3.05, 3.63) is 64.3 Å². The van der Waals surface area contributed by atoms with Gasteiger partial charge in [0.15, 0.2) is 0 Å². The summed E-state index contributed by atoms with van der Waals surface area (Å²) in [6.07, 6.45) is -3.07. The lowest BCUT2D eigenvalue weighted by atomic mass is 10.1. The third kappa shape index (κ3) is 4.35. The molecular formula is C15H14F4N2OS. The van der Waals surface area contributed by atoms with Crippen LogP contribution in [-0.4, -0.2) is 22.1 Å². The second kappa shape index (κ2) is 6.76. The lowest BCUT2D eigenvalue weighted by molar-refractivity contribution is -0.169. The Bertz CT molecular complexity index is 727. The fourth-order valence-corrected chi connectivity index (χ4v) is 3.10. The number of alkyl halides is 3. The summed E-state index contributed by atoms with van der Waals surface area (Å²) in [5, 5.41) is 0. The molecule has 0 saturated carbocycles. The van der Waals surface area contributed by atoms with Gasteiger partial charge in [-0.3, -0.25) is 4.79 Å². The molecule has 2 rings (SSSR count). The van der Waals surface area contributed by atoms with Crippen molar-refractivity contribution in [2.75, 3.05) is 7.05 Å². The number of aromatic nitrogens is 1. The average molecular weight is 346 g/mol. The molecule has 0 spiro atoms. The Hall–Kier alpha value is -1.80. The number of aryl methyl sites for hydroxylation is 1. The van der Waals surface area contributed by atoms with Gasteiger partial charge in [0, 0.05) is 24.2 Å². The molecule has 0 N–H and O–H groups in total. The van der Waals surface area contributed by atoms with Gasteiger partial charge in [0.2, 0.25) is 5.56 Å². The van der Waals surface area contributed by atoms with Crippen molar-refractivity contribution < 1.29 is 17.6 Å². The molecule has 0 aliphatic rings. The van der Waals surface area contributed by atoms with Crippen LogP contribution in [0, 0.1) is 5.82 Å². The standard InChI is InChI=1S/C15H14F4N2OS/c1-20-9-12(7-8-13(20)22)23-21(2)14(15(17,18)19)10-3-5-11(16)6-4-10/h3-9,14H,1-2H3. The maximum atomic E-state index is 13.4. The van der Waals surface area contributed by atoms with Crippen molar-refractivity contribution >= 4 is 11.9 Å². The number of benzene rings is 1. The molecule has 1 unspecified atom stereocenters. The number of halogens is 4. The van der Waals surface area contributed by atoms with Gasteiger partial charge in [0.1, 0.15) is 11.9 Å². The molecule has 124 valence electrons. The Morgan fingerprint density at radius 2 is 1.74 bits per heavy atom. The summed E-state index contributed by atoms with van der Waals surface area (Å²) in [6.45, 7) is 0. The smallest absolute Gasteiger partial charge is 0.317 e. The van der Waals surface area contributed by atoms with Gasteiger partial charge in [-0.05, 0) is 42.8 Å². The van der Waals surface area contributed by atoms with Crippen molar-refractivity contribution in [3.63, 3.8) is 0 Å². The minimum atomic E-state index is -4.53. The van der Waals surface area contributed by atoms with E-state index in [-0.39, 0.29) is 11.1 Å². The van der Waals surface area contributed by atoms with Crippen molar-refractivity contribution in [1.82, 2.24) is 8.87 Å². The molecule has 0 aliphatic heterocycles. The first-order valence-corrected chi connectivity index (χ1v) is 7.35. The number of nitrogens with zero attached hydrogens (tertiary/aromatic N) is 2. The summed E-state index contributed by atoms with van der Waals surface area (Å²) in [5.74, 6) is -0.594. The van der Waals surface area contributed by atoms with Crippen LogP contribution in [0.1, 0.15) is 11.6 Å². The van der Waals surface area contributed by atoms with Crippen LogP contribution >= 0.6 is 11.9 Å². The summed E-state index contributed by atoms with van der Waals surface area (Å²) in [4.78, 5) is 11.8. The molecule has 8 heteroatoms. The molecule has 3 nitrogen and oxygen atoms in total. The van der Waals surface area contributed by atoms with E-state index in [1.54, 1.807) is 0 Å². The van der Waals surface area contributed by atoms with E-state index in [0.29, 0.717) is 4.90 Å². The van der Waals surface area contributed by atoms with E-state index in [2.05, 4.69) is 0 Å². The SMILES string of the molecule is CN(Sc1ccc(=O)n(C)c1)C(c1ccc(F)cc1)C(F)(F)F. The van der Waals surface area contributed by atoms with E-state index in [1.165, 1.54) is 37.0 Å². The van der Waals surface area contributed by atoms with Gasteiger partial charge in [-0.1, -0.05) is 12.1 Å². The zero-order valence-corrected chi connectivity index (χ0v) is 13.2. The average Bonchev–Trinajstić information content (AvgIpc) is 2.44. The molecule has 0 saturated heterocycles. The van der Waals surface area contributed by atoms with E-state index >= 15 is 0 Å². The van der Waals surface area contributed by atoms with Gasteiger partial charge >= 0.3 is 6.18 Å². The third-order valence-corrected chi connectivity index (χ3v) is 4.12. The Balaban J connectivity index is 2.30. The van der Waals surface area contributed by atoms with Crippen molar-refractivity contribution in [3.8, 4) is 0 Å². The summed E-state index contributed by atoms with van der Waals surface area (Å²) in [6, 6.07) is 5.08. The second-order valence-electron chi connectivity index (χ2n) is 4.95. The predicted octanol–water partition coefficient (Wildman–Crippen LogP) is 3.77. The highest BCUT2D eigenvalue weighted by atomic mass is 32.2. The van der Waals surface area contributed by atoms with E-state index < -0.39 is 18.0 Å². The molecule has 1 atom stereocenters. The molecule has 1 aromatic heterocycles. The lowest BCUT2D eigenvalue weighted by Crippen LogP contribution is -2.32. The highest BCUT2D eigenvalue weighted by molar-refractivity contribution is 7.97. The van der Waals surface area contributed by atoms with Gasteiger partial charge < -0.3 is 4.57 Å². The van der Waals surface area contributed by atoms with E-state index in [4.69, 9.17) is 0 Å². The maximum Gasteiger partial charge on any atom is 0.408 e. The van der Waals surface area contributed by atoms with Crippen molar-refractivity contribution in [2.24, 2.45) is 7.05 Å². The highest BCUT2D eigenvalue weighted by Gasteiger charge is 2.44. The zero-order chi connectivity index (χ0) is 17.2. The zero-order valence-electron chi connectivity index (χ0n) is 12.3. The molecule has 0 fully saturated rings. The van der Waals surface area contributed by atoms with Gasteiger partial charge in [-0.15, -0.1) is 0 Å². The van der Waals surface area contributed by atoms with Crippen LogP contribution in [0.2, 0.25) is 0 Å². The molecule has 0 bridgehead atoms. The number of pyridine rings is 1. The molecule has 23 heavy (non-hydrogen) atoms. The van der Waals surface area contributed by atoms with Crippen LogP contribution in [0.3, 0.4) is 0 Å². The monoisotopic (exact) mass is 346 g/mol. The first kappa shape index (κ1) is 17.6. The Morgan fingerprint density at radius 3 is 2.26 bits per heavy atom. The number of hydrogen-bond acceptors (Lipinski definition) is 3. The molecule has 0 amide bonds. The molecule has 1 heterocycles. The normalized spacial score (nSPS) is 13.3. The van der Waals surface area contributed by atoms with E-state index in [0.717, 1.165) is 40.5 Å². The Labute approximate surface area is 134 Å². The van der Waals surface area contributed by atoms with Crippen LogP contribution in [0.15, 0.2) is 52.3 Å². The van der Waals surface area contributed by atoms with Crippen LogP contribution < -0.4 is 5.56 Å². The summed E-state index contributed by atoms with van der Waals surface area (Å²) in [5.41, 5.74) is -0.304. The minimum absolute atomic E-state index is 0.0567. The van der Waals surface area contributed by atoms with Gasteiger partial charge in [-0.25, -0.2) is 8.70 Å².